The van der Waals surface area contributed by atoms with Crippen molar-refractivity contribution in [1.82, 2.24) is 24.5 Å². The maximum absolute atomic E-state index is 13.0. The average molecular weight is 369 g/mol. The van der Waals surface area contributed by atoms with Crippen LogP contribution in [0.3, 0.4) is 0 Å². The zero-order valence-electron chi connectivity index (χ0n) is 15.2. The molecule has 0 spiro atoms. The third kappa shape index (κ3) is 2.36. The molecule has 1 fully saturated rings. The minimum Gasteiger partial charge on any atom is -0.333 e. The van der Waals surface area contributed by atoms with Gasteiger partial charge >= 0.3 is 0 Å². The van der Waals surface area contributed by atoms with Gasteiger partial charge in [-0.25, -0.2) is 14.5 Å². The van der Waals surface area contributed by atoms with E-state index in [0.29, 0.717) is 11.7 Å². The second kappa shape index (κ2) is 6.01. The molecule has 7 heteroatoms. The van der Waals surface area contributed by atoms with Crippen molar-refractivity contribution >= 4 is 33.1 Å². The summed E-state index contributed by atoms with van der Waals surface area (Å²) in [7, 11) is 0. The van der Waals surface area contributed by atoms with Crippen LogP contribution in [0.2, 0.25) is 0 Å². The zero-order valence-corrected chi connectivity index (χ0v) is 16.1. The van der Waals surface area contributed by atoms with Crippen molar-refractivity contribution in [3.8, 4) is 0 Å². The summed E-state index contributed by atoms with van der Waals surface area (Å²) >= 11 is 1.78. The third-order valence-corrected chi connectivity index (χ3v) is 7.10. The number of aryl methyl sites for hydroxylation is 1. The van der Waals surface area contributed by atoms with E-state index in [1.54, 1.807) is 22.2 Å². The molecule has 1 amide bonds. The van der Waals surface area contributed by atoms with Crippen LogP contribution in [0, 0.1) is 0 Å². The van der Waals surface area contributed by atoms with Gasteiger partial charge in [-0.2, -0.15) is 0 Å². The lowest BCUT2D eigenvalue weighted by atomic mass is 9.87. The van der Waals surface area contributed by atoms with Crippen LogP contribution >= 0.6 is 11.3 Å². The molecule has 0 aromatic carbocycles. The summed E-state index contributed by atoms with van der Waals surface area (Å²) in [5.41, 5.74) is 2.17. The molecule has 0 bridgehead atoms. The Balaban J connectivity index is 1.64. The molecule has 26 heavy (non-hydrogen) atoms. The Morgan fingerprint density at radius 2 is 2.12 bits per heavy atom. The first kappa shape index (κ1) is 16.2. The number of amides is 1. The molecule has 0 saturated carbocycles. The summed E-state index contributed by atoms with van der Waals surface area (Å²) in [4.78, 5) is 26.7. The first-order valence-corrected chi connectivity index (χ1v) is 10.4. The number of thiophene rings is 1. The molecule has 5 rings (SSSR count). The predicted octanol–water partition coefficient (Wildman–Crippen LogP) is 3.79. The van der Waals surface area contributed by atoms with E-state index in [9.17, 15) is 4.79 Å². The predicted molar refractivity (Wildman–Crippen MR) is 102 cm³/mol. The molecular weight excluding hydrogens is 346 g/mol. The minimum atomic E-state index is -0.0498. The van der Waals surface area contributed by atoms with E-state index < -0.39 is 0 Å². The van der Waals surface area contributed by atoms with Gasteiger partial charge in [-0.05, 0) is 56.9 Å². The largest absolute Gasteiger partial charge is 0.333 e. The molecular formula is C19H23N5OS. The molecule has 0 radical (unpaired) electrons. The lowest BCUT2D eigenvalue weighted by Crippen LogP contribution is -2.42. The van der Waals surface area contributed by atoms with Crippen LogP contribution < -0.4 is 0 Å². The Morgan fingerprint density at radius 3 is 2.96 bits per heavy atom. The van der Waals surface area contributed by atoms with Crippen molar-refractivity contribution in [3.05, 3.63) is 22.6 Å². The molecule has 3 aromatic rings. The number of carbonyl (C=O) groups excluding carboxylic acids is 1. The monoisotopic (exact) mass is 369 g/mol. The Bertz CT molecular complexity index is 1010. The smallest absolute Gasteiger partial charge is 0.293 e. The van der Waals surface area contributed by atoms with Crippen molar-refractivity contribution in [3.63, 3.8) is 0 Å². The van der Waals surface area contributed by atoms with Crippen molar-refractivity contribution in [2.75, 3.05) is 6.54 Å². The summed E-state index contributed by atoms with van der Waals surface area (Å²) in [5, 5.41) is 5.59. The number of carbonyl (C=O) groups is 1. The SMILES string of the molecule is C[C@H]1CCCc2sc3ncn4nc(C(=O)N5CCCC[C@@H]5C)nc4c3c21. The van der Waals surface area contributed by atoms with E-state index in [1.165, 1.54) is 29.7 Å². The van der Waals surface area contributed by atoms with Crippen LogP contribution in [0.4, 0.5) is 0 Å². The summed E-state index contributed by atoms with van der Waals surface area (Å²) in [5.74, 6) is 0.765. The van der Waals surface area contributed by atoms with E-state index in [4.69, 9.17) is 4.98 Å². The molecule has 1 aliphatic heterocycles. The standard InChI is InChI=1S/C19H23N5OS/c1-11-6-5-8-13-14(11)15-17-21-16(22-24(17)10-20-18(15)26-13)19(25)23-9-4-3-7-12(23)2/h10-12H,3-9H2,1-2H3/t11-,12-/m0/s1. The van der Waals surface area contributed by atoms with Crippen LogP contribution in [0.15, 0.2) is 6.33 Å². The maximum Gasteiger partial charge on any atom is 0.293 e. The number of piperidine rings is 1. The van der Waals surface area contributed by atoms with Gasteiger partial charge in [0.2, 0.25) is 5.82 Å². The van der Waals surface area contributed by atoms with Crippen molar-refractivity contribution in [2.24, 2.45) is 0 Å². The highest BCUT2D eigenvalue weighted by molar-refractivity contribution is 7.19. The first-order valence-electron chi connectivity index (χ1n) is 9.61. The van der Waals surface area contributed by atoms with Gasteiger partial charge in [0.05, 0.1) is 5.39 Å². The summed E-state index contributed by atoms with van der Waals surface area (Å²) in [6, 6.07) is 0.259. The topological polar surface area (TPSA) is 63.4 Å². The Kier molecular flexibility index (Phi) is 3.74. The fraction of sp³-hybridized carbons (Fsp3) is 0.579. The van der Waals surface area contributed by atoms with Crippen LogP contribution in [-0.4, -0.2) is 43.0 Å². The number of likely N-dealkylation sites (tertiary alicyclic amines) is 1. The number of nitrogens with zero attached hydrogens (tertiary/aromatic N) is 5. The lowest BCUT2D eigenvalue weighted by molar-refractivity contribution is 0.0623. The third-order valence-electron chi connectivity index (χ3n) is 5.93. The molecule has 4 heterocycles. The first-order chi connectivity index (χ1) is 12.6. The molecule has 2 aliphatic rings. The quantitative estimate of drug-likeness (QED) is 0.655. The summed E-state index contributed by atoms with van der Waals surface area (Å²) < 4.78 is 1.69. The van der Waals surface area contributed by atoms with Crippen molar-refractivity contribution in [1.29, 1.82) is 0 Å². The molecule has 136 valence electrons. The second-order valence-electron chi connectivity index (χ2n) is 7.70. The molecule has 0 N–H and O–H groups in total. The molecule has 3 aromatic heterocycles. The van der Waals surface area contributed by atoms with Crippen LogP contribution in [0.25, 0.3) is 15.9 Å². The Morgan fingerprint density at radius 1 is 1.23 bits per heavy atom. The van der Waals surface area contributed by atoms with Crippen LogP contribution in [-0.2, 0) is 6.42 Å². The van der Waals surface area contributed by atoms with E-state index in [2.05, 4.69) is 23.9 Å². The van der Waals surface area contributed by atoms with Crippen LogP contribution in [0.5, 0.6) is 0 Å². The average Bonchev–Trinajstić information content (AvgIpc) is 3.23. The minimum absolute atomic E-state index is 0.0498. The lowest BCUT2D eigenvalue weighted by Gasteiger charge is -2.32. The number of hydrogen-bond donors (Lipinski definition) is 0. The van der Waals surface area contributed by atoms with Gasteiger partial charge in [0.25, 0.3) is 5.91 Å². The number of rotatable bonds is 1. The zero-order chi connectivity index (χ0) is 17.8. The number of aromatic nitrogens is 4. The summed E-state index contributed by atoms with van der Waals surface area (Å²) in [6.45, 7) is 5.20. The highest BCUT2D eigenvalue weighted by Gasteiger charge is 2.29. The van der Waals surface area contributed by atoms with Crippen molar-refractivity contribution < 1.29 is 4.79 Å². The van der Waals surface area contributed by atoms with Gasteiger partial charge in [-0.3, -0.25) is 4.79 Å². The fourth-order valence-electron chi connectivity index (χ4n) is 4.50. The Labute approximate surface area is 156 Å². The van der Waals surface area contributed by atoms with Gasteiger partial charge < -0.3 is 4.90 Å². The molecule has 2 atom stereocenters. The molecule has 6 nitrogen and oxygen atoms in total. The van der Waals surface area contributed by atoms with Gasteiger partial charge in [-0.1, -0.05) is 6.92 Å². The Hall–Kier alpha value is -2.02. The van der Waals surface area contributed by atoms with Gasteiger partial charge in [0, 0.05) is 17.5 Å². The fourth-order valence-corrected chi connectivity index (χ4v) is 5.80. The van der Waals surface area contributed by atoms with E-state index >= 15 is 0 Å². The number of hydrogen-bond acceptors (Lipinski definition) is 5. The normalized spacial score (nSPS) is 23.5. The number of fused-ring (bicyclic) bond motifs is 5. The summed E-state index contributed by atoms with van der Waals surface area (Å²) in [6.07, 6.45) is 8.57. The molecule has 1 saturated heterocycles. The maximum atomic E-state index is 13.0. The second-order valence-corrected chi connectivity index (χ2v) is 8.79. The van der Waals surface area contributed by atoms with E-state index in [-0.39, 0.29) is 11.9 Å². The highest BCUT2D eigenvalue weighted by atomic mass is 32.1. The van der Waals surface area contributed by atoms with Gasteiger partial charge in [0.1, 0.15) is 11.2 Å². The van der Waals surface area contributed by atoms with E-state index in [1.807, 2.05) is 4.90 Å². The van der Waals surface area contributed by atoms with Gasteiger partial charge in [0.15, 0.2) is 5.65 Å². The van der Waals surface area contributed by atoms with Crippen molar-refractivity contribution in [2.45, 2.75) is 64.3 Å². The van der Waals surface area contributed by atoms with Gasteiger partial charge in [-0.15, -0.1) is 16.4 Å². The van der Waals surface area contributed by atoms with Crippen LogP contribution in [0.1, 0.15) is 72.9 Å². The molecule has 1 aliphatic carbocycles. The molecule has 0 unspecified atom stereocenters. The highest BCUT2D eigenvalue weighted by Crippen LogP contribution is 2.42. The van der Waals surface area contributed by atoms with E-state index in [0.717, 1.165) is 41.7 Å².